The lowest BCUT2D eigenvalue weighted by atomic mass is 9.63. The van der Waals surface area contributed by atoms with Crippen LogP contribution in [0.1, 0.15) is 144 Å². The summed E-state index contributed by atoms with van der Waals surface area (Å²) >= 11 is 0. The first-order chi connectivity index (χ1) is 41.7. The minimum absolute atomic E-state index is 0.0223. The molecule has 1 aliphatic heterocycles. The van der Waals surface area contributed by atoms with E-state index in [1.807, 2.05) is 124 Å². The molecular weight excluding hydrogens is 961 g/mol. The lowest BCUT2D eigenvalue weighted by Gasteiger charge is -2.42. The van der Waals surface area contributed by atoms with Gasteiger partial charge in [0, 0.05) is 45.9 Å². The van der Waals surface area contributed by atoms with Crippen LogP contribution in [-0.4, -0.2) is 16.2 Å². The van der Waals surface area contributed by atoms with Crippen LogP contribution >= 0.6 is 0 Å². The molecule has 79 heavy (non-hydrogen) atoms. The molecule has 2 aliphatic rings. The molecule has 0 saturated carbocycles. The van der Waals surface area contributed by atoms with E-state index in [9.17, 15) is 9.60 Å². The molecule has 0 atom stereocenters. The molecule has 0 radical (unpaired) electrons. The van der Waals surface area contributed by atoms with Gasteiger partial charge >= 0.3 is 0 Å². The van der Waals surface area contributed by atoms with Gasteiger partial charge in [0.05, 0.1) is 41.8 Å². The van der Waals surface area contributed by atoms with Crippen molar-refractivity contribution in [3.05, 3.63) is 216 Å². The number of nitrogens with zero attached hydrogens (tertiary/aromatic N) is 4. The summed E-state index contributed by atoms with van der Waals surface area (Å²) < 4.78 is 106. The number of fused-ring (bicyclic) bond motifs is 5. The van der Waals surface area contributed by atoms with Crippen molar-refractivity contribution in [2.24, 2.45) is 0 Å². The van der Waals surface area contributed by atoms with E-state index >= 15 is 0 Å². The van der Waals surface area contributed by atoms with Crippen molar-refractivity contribution in [2.75, 3.05) is 16.5 Å². The largest absolute Gasteiger partial charge is 0.457 e. The number of hydrogen-bond donors (Lipinski definition) is 0. The zero-order chi connectivity index (χ0) is 64.1. The highest BCUT2D eigenvalue weighted by molar-refractivity contribution is 6.09. The number of aromatic nitrogens is 2. The Kier molecular flexibility index (Phi) is 9.86. The number of benzene rings is 8. The fourth-order valence-corrected chi connectivity index (χ4v) is 11.4. The smallest absolute Gasteiger partial charge is 0.137 e. The summed E-state index contributed by atoms with van der Waals surface area (Å²) in [5, 5.41) is 1.00. The molecule has 0 fully saturated rings. The number of hydrogen-bond acceptors (Lipinski definition) is 4. The van der Waals surface area contributed by atoms with Gasteiger partial charge in [-0.25, -0.2) is 4.98 Å². The van der Waals surface area contributed by atoms with Crippen molar-refractivity contribution in [2.45, 2.75) is 130 Å². The number of para-hydroxylation sites is 3. The van der Waals surface area contributed by atoms with Gasteiger partial charge < -0.3 is 14.5 Å². The molecule has 0 spiro atoms. The van der Waals surface area contributed by atoms with Crippen molar-refractivity contribution in [3.8, 4) is 50.7 Å². The van der Waals surface area contributed by atoms with E-state index in [2.05, 4.69) is 97.2 Å². The second kappa shape index (κ2) is 18.9. The summed E-state index contributed by atoms with van der Waals surface area (Å²) in [5.41, 5.74) is 8.10. The zero-order valence-corrected chi connectivity index (χ0v) is 47.9. The third-order valence-corrected chi connectivity index (χ3v) is 16.2. The lowest BCUT2D eigenvalue weighted by Crippen LogP contribution is -2.33. The molecule has 5 nitrogen and oxygen atoms in total. The number of anilines is 4. The van der Waals surface area contributed by atoms with Gasteiger partial charge in [-0.05, 0) is 163 Å². The Morgan fingerprint density at radius 2 is 1.14 bits per heavy atom. The molecule has 2 aromatic heterocycles. The monoisotopic (exact) mass is 1050 g/mol. The van der Waals surface area contributed by atoms with Crippen LogP contribution in [-0.2, 0) is 27.1 Å². The summed E-state index contributed by atoms with van der Waals surface area (Å²) in [7, 11) is 0. The molecule has 3 heterocycles. The zero-order valence-electron chi connectivity index (χ0n) is 57.9. The SMILES string of the molecule is [2H]c1c([2H])c2c(c([2H])c1-c1cc(C(C)(C)C)cc(-c3c([2H])c(-c4ccccc4)c([2H])c(C(C)(C)C)c3[2H])c1N1CN(c3cccc(Oc4ccc5c6c([2H])c([2H])c([2H])c([2H])c6n(-c6cc(C(C)(C)C)ccn6)c5c4)c3)c3ccccc31)C(C)(C)CCC2(C)C. The Hall–Kier alpha value is -7.89. The maximum atomic E-state index is 10.5. The van der Waals surface area contributed by atoms with Crippen LogP contribution < -0.4 is 14.5 Å². The molecule has 0 unspecified atom stereocenters. The van der Waals surface area contributed by atoms with Gasteiger partial charge in [0.25, 0.3) is 0 Å². The molecule has 398 valence electrons. The molecule has 0 amide bonds. The summed E-state index contributed by atoms with van der Waals surface area (Å²) in [6, 6.07) is 38.4. The molecule has 1 aliphatic carbocycles. The maximum absolute atomic E-state index is 10.5. The highest BCUT2D eigenvalue weighted by atomic mass is 16.5. The normalized spacial score (nSPS) is 16.9. The van der Waals surface area contributed by atoms with Gasteiger partial charge in [0.2, 0.25) is 0 Å². The standard InChI is InChI=1S/C74H76N4O/c1-70(2,3)52-34-37-75-68(44-52)78-64-27-18-17-26-58(64)59-32-31-57(46-67(59)78)79-56-25-21-24-55(45-56)76-47-77(66-29-20-19-28-65(66)76)69-60(49-30-33-62-63(41-49)74(12,13)36-35-73(62,10)11)42-54(72(7,8)9)43-61(69)51-38-50(48-22-15-14-16-23-48)39-53(40-51)71(4,5)6/h14-34,37-46H,35-36,47H2,1-13H3/i17D,18D,26D,27D,30D,33D,38D,39D,40D,41D. The molecule has 12 rings (SSSR count). The summed E-state index contributed by atoms with van der Waals surface area (Å²) in [6.45, 7) is 27.4. The Morgan fingerprint density at radius 3 is 1.86 bits per heavy atom. The van der Waals surface area contributed by atoms with E-state index in [1.165, 1.54) is 0 Å². The minimum Gasteiger partial charge on any atom is -0.457 e. The van der Waals surface area contributed by atoms with Crippen molar-refractivity contribution in [1.29, 1.82) is 0 Å². The highest BCUT2D eigenvalue weighted by Crippen LogP contribution is 2.54. The quantitative estimate of drug-likeness (QED) is 0.152. The van der Waals surface area contributed by atoms with Crippen molar-refractivity contribution < 1.29 is 18.4 Å². The second-order valence-corrected chi connectivity index (χ2v) is 26.0. The van der Waals surface area contributed by atoms with Gasteiger partial charge in [-0.3, -0.25) is 4.57 Å². The van der Waals surface area contributed by atoms with E-state index in [1.54, 1.807) is 10.8 Å². The van der Waals surface area contributed by atoms with Crippen LogP contribution in [0.3, 0.4) is 0 Å². The highest BCUT2D eigenvalue weighted by Gasteiger charge is 2.39. The number of pyridine rings is 1. The Balaban J connectivity index is 1.08. The molecular formula is C74H76N4O. The first-order valence-corrected chi connectivity index (χ1v) is 27.7. The van der Waals surface area contributed by atoms with Crippen molar-refractivity contribution in [3.63, 3.8) is 0 Å². The average molecular weight is 1050 g/mol. The average Bonchev–Trinajstić information content (AvgIpc) is 1.68. The number of rotatable bonds is 8. The maximum Gasteiger partial charge on any atom is 0.137 e. The third kappa shape index (κ3) is 9.49. The van der Waals surface area contributed by atoms with E-state index in [4.69, 9.17) is 13.8 Å². The molecule has 0 bridgehead atoms. The fourth-order valence-electron chi connectivity index (χ4n) is 11.4. The van der Waals surface area contributed by atoms with Crippen LogP contribution in [0.2, 0.25) is 0 Å². The first-order valence-electron chi connectivity index (χ1n) is 32.7. The summed E-state index contributed by atoms with van der Waals surface area (Å²) in [6.07, 6.45) is 3.32. The van der Waals surface area contributed by atoms with Crippen molar-refractivity contribution >= 4 is 44.6 Å². The van der Waals surface area contributed by atoms with Gasteiger partial charge in [0.1, 0.15) is 24.0 Å². The van der Waals surface area contributed by atoms with Gasteiger partial charge in [-0.1, -0.05) is 187 Å². The summed E-state index contributed by atoms with van der Waals surface area (Å²) in [5.74, 6) is 1.47. The van der Waals surface area contributed by atoms with E-state index in [0.717, 1.165) is 52.2 Å². The third-order valence-electron chi connectivity index (χ3n) is 16.2. The number of ether oxygens (including phenoxy) is 1. The van der Waals surface area contributed by atoms with E-state index in [0.29, 0.717) is 83.8 Å². The molecule has 8 aromatic carbocycles. The first kappa shape index (κ1) is 41.2. The predicted molar refractivity (Wildman–Crippen MR) is 335 cm³/mol. The van der Waals surface area contributed by atoms with E-state index in [-0.39, 0.29) is 72.5 Å². The van der Waals surface area contributed by atoms with Crippen LogP contribution in [0, 0.1) is 0 Å². The Bertz CT molecular complexity index is 4590. The van der Waals surface area contributed by atoms with Crippen molar-refractivity contribution in [1.82, 2.24) is 9.55 Å². The Labute approximate surface area is 483 Å². The fraction of sp³-hybridized carbons (Fsp3) is 0.284. The van der Waals surface area contributed by atoms with E-state index < -0.39 is 21.7 Å². The summed E-state index contributed by atoms with van der Waals surface area (Å²) in [4.78, 5) is 9.13. The van der Waals surface area contributed by atoms with Crippen LogP contribution in [0.25, 0.3) is 61.0 Å². The second-order valence-electron chi connectivity index (χ2n) is 26.0. The van der Waals surface area contributed by atoms with Gasteiger partial charge in [0.15, 0.2) is 0 Å². The Morgan fingerprint density at radius 1 is 0.494 bits per heavy atom. The molecule has 10 aromatic rings. The molecule has 0 N–H and O–H groups in total. The minimum atomic E-state index is -0.705. The van der Waals surface area contributed by atoms with Gasteiger partial charge in [-0.2, -0.15) is 0 Å². The van der Waals surface area contributed by atoms with Crippen LogP contribution in [0.15, 0.2) is 188 Å². The topological polar surface area (TPSA) is 33.5 Å². The molecule has 5 heteroatoms. The van der Waals surface area contributed by atoms with Crippen LogP contribution in [0.5, 0.6) is 11.5 Å². The molecule has 0 saturated heterocycles. The predicted octanol–water partition coefficient (Wildman–Crippen LogP) is 20.5. The van der Waals surface area contributed by atoms with Gasteiger partial charge in [-0.15, -0.1) is 0 Å². The van der Waals surface area contributed by atoms with Crippen LogP contribution in [0.4, 0.5) is 22.7 Å². The lowest BCUT2D eigenvalue weighted by molar-refractivity contribution is 0.332.